The lowest BCUT2D eigenvalue weighted by atomic mass is 10.2. The van der Waals surface area contributed by atoms with E-state index in [1.54, 1.807) is 31.3 Å². The summed E-state index contributed by atoms with van der Waals surface area (Å²) in [6, 6.07) is 10.2. The zero-order valence-corrected chi connectivity index (χ0v) is 16.8. The maximum absolute atomic E-state index is 14.1. The number of aromatic amines is 1. The van der Waals surface area contributed by atoms with E-state index in [4.69, 9.17) is 0 Å². The standard InChI is InChI=1S/C22H16F2N6O2/c1-29-18-6-5-13(8-16(18)28-22(29)32)21(31)26-10-12-7-17-20(25-9-12)30(11-27-17)19-14(23)3-2-4-15(19)24/h2-9,11H,10H2,1H3,(H,26,31)(H,28,32). The summed E-state index contributed by atoms with van der Waals surface area (Å²) in [6.07, 6.45) is 2.81. The number of aryl methyl sites for hydroxylation is 1. The minimum Gasteiger partial charge on any atom is -0.348 e. The molecule has 10 heteroatoms. The third-order valence-corrected chi connectivity index (χ3v) is 5.24. The molecule has 1 amide bonds. The van der Waals surface area contributed by atoms with Crippen LogP contribution in [0.2, 0.25) is 0 Å². The van der Waals surface area contributed by atoms with E-state index in [2.05, 4.69) is 20.3 Å². The Morgan fingerprint density at radius 1 is 1.12 bits per heavy atom. The summed E-state index contributed by atoms with van der Waals surface area (Å²) in [5, 5.41) is 2.79. The molecule has 5 aromatic rings. The fraction of sp³-hybridized carbons (Fsp3) is 0.0909. The second kappa shape index (κ2) is 7.41. The smallest absolute Gasteiger partial charge is 0.326 e. The van der Waals surface area contributed by atoms with Gasteiger partial charge in [0.2, 0.25) is 0 Å². The molecule has 0 aliphatic rings. The van der Waals surface area contributed by atoms with Crippen molar-refractivity contribution in [2.24, 2.45) is 7.05 Å². The van der Waals surface area contributed by atoms with Gasteiger partial charge < -0.3 is 10.3 Å². The van der Waals surface area contributed by atoms with Crippen LogP contribution < -0.4 is 11.0 Å². The van der Waals surface area contributed by atoms with E-state index >= 15 is 0 Å². The first-order valence-corrected chi connectivity index (χ1v) is 9.65. The van der Waals surface area contributed by atoms with Gasteiger partial charge in [0, 0.05) is 25.4 Å². The van der Waals surface area contributed by atoms with Crippen LogP contribution in [-0.2, 0) is 13.6 Å². The molecular formula is C22H16F2N6O2. The average molecular weight is 434 g/mol. The van der Waals surface area contributed by atoms with Crippen LogP contribution in [0.1, 0.15) is 15.9 Å². The number of hydrogen-bond acceptors (Lipinski definition) is 4. The van der Waals surface area contributed by atoms with Gasteiger partial charge in [0.25, 0.3) is 5.91 Å². The summed E-state index contributed by atoms with van der Waals surface area (Å²) in [6.45, 7) is 0.173. The fourth-order valence-electron chi connectivity index (χ4n) is 3.59. The molecule has 0 saturated carbocycles. The van der Waals surface area contributed by atoms with Crippen LogP contribution in [0.25, 0.3) is 27.9 Å². The Morgan fingerprint density at radius 2 is 1.91 bits per heavy atom. The van der Waals surface area contributed by atoms with Crippen molar-refractivity contribution < 1.29 is 13.6 Å². The Morgan fingerprint density at radius 3 is 2.69 bits per heavy atom. The van der Waals surface area contributed by atoms with Gasteiger partial charge in [-0.05, 0) is 42.0 Å². The number of fused-ring (bicyclic) bond motifs is 2. The van der Waals surface area contributed by atoms with E-state index in [9.17, 15) is 18.4 Å². The number of nitrogens with zero attached hydrogens (tertiary/aromatic N) is 4. The summed E-state index contributed by atoms with van der Waals surface area (Å²) in [5.74, 6) is -1.77. The van der Waals surface area contributed by atoms with Gasteiger partial charge in [-0.3, -0.25) is 13.9 Å². The number of halogens is 2. The Balaban J connectivity index is 1.37. The maximum atomic E-state index is 14.1. The quantitative estimate of drug-likeness (QED) is 0.455. The molecule has 0 aliphatic carbocycles. The lowest BCUT2D eigenvalue weighted by Gasteiger charge is -2.08. The largest absolute Gasteiger partial charge is 0.348 e. The Hall–Kier alpha value is -4.34. The molecule has 0 spiro atoms. The lowest BCUT2D eigenvalue weighted by Crippen LogP contribution is -2.22. The fourth-order valence-corrected chi connectivity index (χ4v) is 3.59. The average Bonchev–Trinajstić information content (AvgIpc) is 3.32. The predicted octanol–water partition coefficient (Wildman–Crippen LogP) is 2.81. The normalized spacial score (nSPS) is 11.3. The maximum Gasteiger partial charge on any atom is 0.326 e. The molecule has 0 fully saturated rings. The molecule has 0 atom stereocenters. The minimum atomic E-state index is -0.723. The number of amides is 1. The van der Waals surface area contributed by atoms with Crippen LogP contribution in [0.15, 0.2) is 59.8 Å². The first-order valence-electron chi connectivity index (χ1n) is 9.65. The van der Waals surface area contributed by atoms with Gasteiger partial charge in [-0.15, -0.1) is 0 Å². The number of carbonyl (C=O) groups is 1. The van der Waals surface area contributed by atoms with E-state index < -0.39 is 11.6 Å². The van der Waals surface area contributed by atoms with Crippen LogP contribution in [0.3, 0.4) is 0 Å². The molecule has 3 aromatic heterocycles. The molecule has 3 heterocycles. The Bertz CT molecular complexity index is 1550. The molecule has 8 nitrogen and oxygen atoms in total. The monoisotopic (exact) mass is 434 g/mol. The first-order chi connectivity index (χ1) is 15.4. The molecule has 2 aromatic carbocycles. The second-order valence-corrected chi connectivity index (χ2v) is 7.27. The molecule has 0 aliphatic heterocycles. The van der Waals surface area contributed by atoms with Crippen molar-refractivity contribution in [1.29, 1.82) is 0 Å². The van der Waals surface area contributed by atoms with E-state index in [1.807, 2.05) is 0 Å². The summed E-state index contributed by atoms with van der Waals surface area (Å²) in [4.78, 5) is 35.4. The molecule has 0 unspecified atom stereocenters. The van der Waals surface area contributed by atoms with Gasteiger partial charge in [-0.2, -0.15) is 0 Å². The van der Waals surface area contributed by atoms with Crippen LogP contribution in [0, 0.1) is 11.6 Å². The van der Waals surface area contributed by atoms with Crippen LogP contribution in [0.5, 0.6) is 0 Å². The van der Waals surface area contributed by atoms with E-state index in [0.717, 1.165) is 12.1 Å². The summed E-state index contributed by atoms with van der Waals surface area (Å²) in [5.41, 5.74) is 2.55. The SMILES string of the molecule is Cn1c(=O)[nH]c2cc(C(=O)NCc3cnc4c(c3)ncn4-c3c(F)cccc3F)ccc21. The number of hydrogen-bond donors (Lipinski definition) is 2. The van der Waals surface area contributed by atoms with Crippen molar-refractivity contribution >= 4 is 28.1 Å². The van der Waals surface area contributed by atoms with E-state index in [1.165, 1.54) is 27.7 Å². The second-order valence-electron chi connectivity index (χ2n) is 7.27. The highest BCUT2D eigenvalue weighted by Crippen LogP contribution is 2.22. The van der Waals surface area contributed by atoms with Gasteiger partial charge in [0.1, 0.15) is 29.2 Å². The van der Waals surface area contributed by atoms with Crippen LogP contribution in [0.4, 0.5) is 8.78 Å². The summed E-state index contributed by atoms with van der Waals surface area (Å²) in [7, 11) is 1.64. The number of pyridine rings is 1. The van der Waals surface area contributed by atoms with Gasteiger partial charge in [-0.1, -0.05) is 6.07 Å². The number of H-pyrrole nitrogens is 1. The third kappa shape index (κ3) is 3.22. The summed E-state index contributed by atoms with van der Waals surface area (Å²) < 4.78 is 31.0. The van der Waals surface area contributed by atoms with Gasteiger partial charge in [0.15, 0.2) is 5.65 Å². The number of carbonyl (C=O) groups excluding carboxylic acids is 1. The van der Waals surface area contributed by atoms with Crippen LogP contribution in [-0.4, -0.2) is 30.0 Å². The molecule has 0 saturated heterocycles. The first kappa shape index (κ1) is 19.6. The number of imidazole rings is 2. The van der Waals surface area contributed by atoms with E-state index in [-0.39, 0.29) is 23.8 Å². The molecule has 0 bridgehead atoms. The summed E-state index contributed by atoms with van der Waals surface area (Å²) >= 11 is 0. The number of aromatic nitrogens is 5. The molecule has 2 N–H and O–H groups in total. The Labute approximate surface area is 179 Å². The lowest BCUT2D eigenvalue weighted by molar-refractivity contribution is 0.0951. The van der Waals surface area contributed by atoms with Crippen LogP contribution >= 0.6 is 0 Å². The van der Waals surface area contributed by atoms with Gasteiger partial charge in [-0.25, -0.2) is 23.5 Å². The van der Waals surface area contributed by atoms with Crippen molar-refractivity contribution in [2.45, 2.75) is 6.54 Å². The highest BCUT2D eigenvalue weighted by molar-refractivity contribution is 5.97. The highest BCUT2D eigenvalue weighted by Gasteiger charge is 2.15. The minimum absolute atomic E-state index is 0.173. The third-order valence-electron chi connectivity index (χ3n) is 5.24. The number of nitrogens with one attached hydrogen (secondary N) is 2. The topological polar surface area (TPSA) is 97.6 Å². The molecule has 160 valence electrons. The van der Waals surface area contributed by atoms with Crippen molar-refractivity contribution in [3.8, 4) is 5.69 Å². The molecule has 5 rings (SSSR count). The molecule has 0 radical (unpaired) electrons. The zero-order valence-electron chi connectivity index (χ0n) is 16.8. The van der Waals surface area contributed by atoms with Crippen molar-refractivity contribution in [3.63, 3.8) is 0 Å². The number of benzene rings is 2. The van der Waals surface area contributed by atoms with Crippen molar-refractivity contribution in [3.05, 3.63) is 88.2 Å². The van der Waals surface area contributed by atoms with E-state index in [0.29, 0.717) is 33.3 Å². The molecular weight excluding hydrogens is 418 g/mol. The van der Waals surface area contributed by atoms with Crippen molar-refractivity contribution in [2.75, 3.05) is 0 Å². The predicted molar refractivity (Wildman–Crippen MR) is 113 cm³/mol. The zero-order chi connectivity index (χ0) is 22.4. The Kier molecular flexibility index (Phi) is 4.54. The van der Waals surface area contributed by atoms with Gasteiger partial charge >= 0.3 is 5.69 Å². The number of rotatable bonds is 4. The van der Waals surface area contributed by atoms with Crippen molar-refractivity contribution in [1.82, 2.24) is 29.4 Å². The van der Waals surface area contributed by atoms with Gasteiger partial charge in [0.05, 0.1) is 11.0 Å². The number of para-hydroxylation sites is 1. The molecule has 32 heavy (non-hydrogen) atoms. The highest BCUT2D eigenvalue weighted by atomic mass is 19.1.